The smallest absolute Gasteiger partial charge is 0.115 e. The van der Waals surface area contributed by atoms with Crippen LogP contribution in [0.5, 0.6) is 11.5 Å². The molecule has 1 heterocycles. The Bertz CT molecular complexity index is 921. The molecule has 0 amide bonds. The highest BCUT2D eigenvalue weighted by atomic mass is 16.3. The van der Waals surface area contributed by atoms with E-state index in [9.17, 15) is 10.2 Å². The van der Waals surface area contributed by atoms with Gasteiger partial charge in [0, 0.05) is 11.1 Å². The molecular formula is C27H34N2O2. The first-order chi connectivity index (χ1) is 15.2. The van der Waals surface area contributed by atoms with E-state index >= 15 is 0 Å². The van der Waals surface area contributed by atoms with Crippen LogP contribution in [-0.4, -0.2) is 20.2 Å². The van der Waals surface area contributed by atoms with Crippen LogP contribution in [0.4, 0.5) is 0 Å². The van der Waals surface area contributed by atoms with E-state index in [1.54, 1.807) is 30.5 Å². The molecule has 0 aliphatic rings. The van der Waals surface area contributed by atoms with Crippen LogP contribution in [0.15, 0.2) is 54.7 Å². The number of aryl methyl sites for hydroxylation is 1. The van der Waals surface area contributed by atoms with Crippen molar-refractivity contribution in [2.45, 2.75) is 71.1 Å². The third-order valence-corrected chi connectivity index (χ3v) is 5.67. The van der Waals surface area contributed by atoms with Gasteiger partial charge in [0.2, 0.25) is 0 Å². The fourth-order valence-electron chi connectivity index (χ4n) is 3.84. The van der Waals surface area contributed by atoms with Crippen molar-refractivity contribution >= 4 is 0 Å². The highest BCUT2D eigenvalue weighted by molar-refractivity contribution is 5.66. The topological polar surface area (TPSA) is 66.2 Å². The molecule has 1 aromatic heterocycles. The molecule has 2 aromatic carbocycles. The average Bonchev–Trinajstić information content (AvgIpc) is 2.79. The lowest BCUT2D eigenvalue weighted by atomic mass is 10.0. The number of aromatic hydroxyl groups is 2. The van der Waals surface area contributed by atoms with Crippen molar-refractivity contribution < 1.29 is 10.2 Å². The zero-order valence-electron chi connectivity index (χ0n) is 18.6. The molecule has 164 valence electrons. The van der Waals surface area contributed by atoms with Crippen LogP contribution in [-0.2, 0) is 6.42 Å². The quantitative estimate of drug-likeness (QED) is 0.303. The van der Waals surface area contributed by atoms with Crippen LogP contribution in [0.25, 0.3) is 22.5 Å². The van der Waals surface area contributed by atoms with Gasteiger partial charge in [0.15, 0.2) is 0 Å². The molecule has 0 bridgehead atoms. The summed E-state index contributed by atoms with van der Waals surface area (Å²) in [7, 11) is 0. The zero-order valence-corrected chi connectivity index (χ0v) is 18.6. The number of phenolic OH excluding ortho intramolecular Hbond substituents is 2. The Kier molecular flexibility index (Phi) is 8.89. The summed E-state index contributed by atoms with van der Waals surface area (Å²) in [6.07, 6.45) is 14.3. The normalized spacial score (nSPS) is 11.0. The highest BCUT2D eigenvalue weighted by Crippen LogP contribution is 2.27. The molecule has 0 saturated carbocycles. The number of hydrogen-bond donors (Lipinski definition) is 2. The van der Waals surface area contributed by atoms with E-state index in [1.165, 1.54) is 51.4 Å². The van der Waals surface area contributed by atoms with Crippen molar-refractivity contribution in [3.8, 4) is 34.0 Å². The molecule has 0 atom stereocenters. The van der Waals surface area contributed by atoms with Crippen molar-refractivity contribution in [2.75, 3.05) is 0 Å². The lowest BCUT2D eigenvalue weighted by Gasteiger charge is -2.11. The molecule has 3 rings (SSSR count). The minimum Gasteiger partial charge on any atom is -0.508 e. The second-order valence-corrected chi connectivity index (χ2v) is 8.22. The molecule has 4 heteroatoms. The van der Waals surface area contributed by atoms with Crippen molar-refractivity contribution in [1.82, 2.24) is 9.97 Å². The molecule has 2 N–H and O–H groups in total. The Labute approximate surface area is 186 Å². The van der Waals surface area contributed by atoms with Crippen LogP contribution in [0, 0.1) is 0 Å². The van der Waals surface area contributed by atoms with Gasteiger partial charge in [0.25, 0.3) is 0 Å². The first kappa shape index (κ1) is 22.8. The maximum Gasteiger partial charge on any atom is 0.115 e. The number of unbranched alkanes of at least 4 members (excludes halogenated alkanes) is 8. The van der Waals surface area contributed by atoms with Crippen molar-refractivity contribution in [2.24, 2.45) is 0 Å². The summed E-state index contributed by atoms with van der Waals surface area (Å²) in [5, 5.41) is 19.2. The fraction of sp³-hybridized carbons (Fsp3) is 0.407. The minimum absolute atomic E-state index is 0.243. The van der Waals surface area contributed by atoms with Crippen molar-refractivity contribution in [1.29, 1.82) is 0 Å². The number of rotatable bonds is 12. The van der Waals surface area contributed by atoms with E-state index in [2.05, 4.69) is 6.92 Å². The Morgan fingerprint density at radius 2 is 1.16 bits per heavy atom. The monoisotopic (exact) mass is 418 g/mol. The lowest BCUT2D eigenvalue weighted by Crippen LogP contribution is -2.00. The van der Waals surface area contributed by atoms with E-state index in [-0.39, 0.29) is 11.5 Å². The third kappa shape index (κ3) is 7.09. The second-order valence-electron chi connectivity index (χ2n) is 8.22. The van der Waals surface area contributed by atoms with Gasteiger partial charge in [-0.3, -0.25) is 4.98 Å². The predicted molar refractivity (Wildman–Crippen MR) is 127 cm³/mol. The standard InChI is InChI=1S/C27H34N2O2/c1-2-3-4-5-6-7-8-9-10-11-25-27(22-14-18-24(31)19-15-22)28-20-26(29-25)21-12-16-23(30)17-13-21/h12-20,30-31H,2-11H2,1H3. The van der Waals surface area contributed by atoms with Gasteiger partial charge in [-0.15, -0.1) is 0 Å². The first-order valence-electron chi connectivity index (χ1n) is 11.6. The SMILES string of the molecule is CCCCCCCCCCCc1nc(-c2ccc(O)cc2)cnc1-c1ccc(O)cc1. The van der Waals surface area contributed by atoms with Crippen LogP contribution in [0.1, 0.15) is 70.4 Å². The van der Waals surface area contributed by atoms with Crippen LogP contribution in [0.3, 0.4) is 0 Å². The maximum absolute atomic E-state index is 9.62. The molecule has 31 heavy (non-hydrogen) atoms. The van der Waals surface area contributed by atoms with Gasteiger partial charge in [-0.05, 0) is 61.4 Å². The second kappa shape index (κ2) is 12.1. The van der Waals surface area contributed by atoms with Gasteiger partial charge in [-0.1, -0.05) is 58.3 Å². The van der Waals surface area contributed by atoms with Gasteiger partial charge >= 0.3 is 0 Å². The molecule has 0 spiro atoms. The predicted octanol–water partition coefficient (Wildman–Crippen LogP) is 7.30. The average molecular weight is 419 g/mol. The zero-order chi connectivity index (χ0) is 21.9. The summed E-state index contributed by atoms with van der Waals surface area (Å²) in [5.41, 5.74) is 4.58. The van der Waals surface area contributed by atoms with E-state index in [1.807, 2.05) is 24.3 Å². The summed E-state index contributed by atoms with van der Waals surface area (Å²) in [5.74, 6) is 0.491. The number of hydrogen-bond acceptors (Lipinski definition) is 4. The fourth-order valence-corrected chi connectivity index (χ4v) is 3.84. The van der Waals surface area contributed by atoms with Gasteiger partial charge in [-0.25, -0.2) is 4.98 Å². The summed E-state index contributed by atoms with van der Waals surface area (Å²) >= 11 is 0. The van der Waals surface area contributed by atoms with Crippen molar-refractivity contribution in [3.05, 3.63) is 60.4 Å². The van der Waals surface area contributed by atoms with Crippen LogP contribution < -0.4 is 0 Å². The minimum atomic E-state index is 0.243. The number of phenols is 2. The number of benzene rings is 2. The Morgan fingerprint density at radius 1 is 0.645 bits per heavy atom. The summed E-state index contributed by atoms with van der Waals surface area (Å²) < 4.78 is 0. The first-order valence-corrected chi connectivity index (χ1v) is 11.6. The largest absolute Gasteiger partial charge is 0.508 e. The van der Waals surface area contributed by atoms with E-state index in [4.69, 9.17) is 9.97 Å². The highest BCUT2D eigenvalue weighted by Gasteiger charge is 2.11. The third-order valence-electron chi connectivity index (χ3n) is 5.67. The Balaban J connectivity index is 1.67. The van der Waals surface area contributed by atoms with Crippen LogP contribution >= 0.6 is 0 Å². The molecule has 0 fully saturated rings. The summed E-state index contributed by atoms with van der Waals surface area (Å²) in [6.45, 7) is 2.26. The van der Waals surface area contributed by atoms with E-state index < -0.39 is 0 Å². The van der Waals surface area contributed by atoms with E-state index in [0.29, 0.717) is 0 Å². The van der Waals surface area contributed by atoms with Gasteiger partial charge in [0.1, 0.15) is 11.5 Å². The Morgan fingerprint density at radius 3 is 1.74 bits per heavy atom. The van der Waals surface area contributed by atoms with Gasteiger partial charge < -0.3 is 10.2 Å². The molecule has 0 aliphatic heterocycles. The lowest BCUT2D eigenvalue weighted by molar-refractivity contribution is 0.475. The summed E-state index contributed by atoms with van der Waals surface area (Å²) in [4.78, 5) is 9.66. The summed E-state index contributed by atoms with van der Waals surface area (Å²) in [6, 6.07) is 14.2. The van der Waals surface area contributed by atoms with Gasteiger partial charge in [0.05, 0.1) is 23.3 Å². The molecule has 0 saturated heterocycles. The molecule has 0 unspecified atom stereocenters. The Hall–Kier alpha value is -2.88. The number of aromatic nitrogens is 2. The van der Waals surface area contributed by atoms with Crippen molar-refractivity contribution in [3.63, 3.8) is 0 Å². The maximum atomic E-state index is 9.62. The molecule has 4 nitrogen and oxygen atoms in total. The molecular weight excluding hydrogens is 384 g/mol. The molecule has 0 aliphatic carbocycles. The van der Waals surface area contributed by atoms with Crippen LogP contribution in [0.2, 0.25) is 0 Å². The number of nitrogens with zero attached hydrogens (tertiary/aromatic N) is 2. The van der Waals surface area contributed by atoms with E-state index in [0.717, 1.165) is 41.1 Å². The molecule has 0 radical (unpaired) electrons. The van der Waals surface area contributed by atoms with Gasteiger partial charge in [-0.2, -0.15) is 0 Å². The molecule has 3 aromatic rings.